The maximum absolute atomic E-state index is 14.8. The lowest BCUT2D eigenvalue weighted by atomic mass is 9.81. The number of nitrogens with two attached hydrogens (primary N) is 1. The van der Waals surface area contributed by atoms with Crippen LogP contribution < -0.4 is 10.5 Å². The molecule has 2 aliphatic rings. The number of halogens is 2. The average molecular weight is 433 g/mol. The number of nitrogens with zero attached hydrogens (tertiary/aromatic N) is 4. The van der Waals surface area contributed by atoms with Crippen LogP contribution in [0.15, 0.2) is 70.8 Å². The van der Waals surface area contributed by atoms with Gasteiger partial charge < -0.3 is 10.5 Å². The fourth-order valence-corrected chi connectivity index (χ4v) is 4.35. The zero-order chi connectivity index (χ0) is 22.3. The van der Waals surface area contributed by atoms with Gasteiger partial charge in [0.1, 0.15) is 17.4 Å². The quantitative estimate of drug-likeness (QED) is 0.637. The number of ether oxygens (including phenoxy) is 1. The molecule has 0 radical (unpaired) electrons. The zero-order valence-corrected chi connectivity index (χ0v) is 17.4. The summed E-state index contributed by atoms with van der Waals surface area (Å²) >= 11 is 0. The Bertz CT molecular complexity index is 1240. The molecule has 3 aromatic rings. The Morgan fingerprint density at radius 1 is 1.03 bits per heavy atom. The predicted molar refractivity (Wildman–Crippen MR) is 119 cm³/mol. The molecule has 0 fully saturated rings. The Hall–Kier alpha value is -3.81. The number of hydrogen-bond donors (Lipinski definition) is 1. The van der Waals surface area contributed by atoms with Crippen molar-refractivity contribution < 1.29 is 13.5 Å². The molecule has 2 aliphatic heterocycles. The van der Waals surface area contributed by atoms with E-state index in [9.17, 15) is 8.78 Å². The minimum Gasteiger partial charge on any atom is -0.497 e. The fraction of sp³-hybridized carbons (Fsp3) is 0.208. The molecule has 8 heteroatoms. The molecule has 0 saturated carbocycles. The van der Waals surface area contributed by atoms with E-state index in [-0.39, 0.29) is 11.1 Å². The summed E-state index contributed by atoms with van der Waals surface area (Å²) in [6.45, 7) is 1.33. The van der Waals surface area contributed by atoms with Gasteiger partial charge in [-0.25, -0.2) is 14.4 Å². The molecular weight excluding hydrogens is 412 g/mol. The largest absolute Gasteiger partial charge is 0.497 e. The lowest BCUT2D eigenvalue weighted by Gasteiger charge is -2.33. The molecular formula is C24H21F2N5O. The van der Waals surface area contributed by atoms with Gasteiger partial charge in [0.15, 0.2) is 11.5 Å². The van der Waals surface area contributed by atoms with Crippen LogP contribution in [0.25, 0.3) is 11.1 Å². The third kappa shape index (κ3) is 3.02. The standard InChI is InChI=1S/C24H21F2N5O/c1-32-17-8-5-15(6-9-17)24(22-29-12-3-13-31(22)23(27)30-24)16-7-10-20(25)19(14-16)18-4-2-11-28-21(18)26/h2,4-11,14H,3,12-13H2,1H3,(H2,27,30). The van der Waals surface area contributed by atoms with Gasteiger partial charge in [0.05, 0.1) is 7.11 Å². The van der Waals surface area contributed by atoms with E-state index in [1.807, 2.05) is 29.2 Å². The first-order chi connectivity index (χ1) is 15.5. The van der Waals surface area contributed by atoms with Crippen molar-refractivity contribution in [2.24, 2.45) is 15.7 Å². The third-order valence-electron chi connectivity index (χ3n) is 5.88. The summed E-state index contributed by atoms with van der Waals surface area (Å²) in [6.07, 6.45) is 2.18. The first-order valence-electron chi connectivity index (χ1n) is 10.3. The Morgan fingerprint density at radius 3 is 2.56 bits per heavy atom. The first kappa shape index (κ1) is 20.1. The Labute approximate surface area is 184 Å². The van der Waals surface area contributed by atoms with Crippen molar-refractivity contribution in [1.82, 2.24) is 9.88 Å². The molecule has 0 spiro atoms. The lowest BCUT2D eigenvalue weighted by molar-refractivity contribution is 0.414. The molecule has 3 heterocycles. The molecule has 162 valence electrons. The van der Waals surface area contributed by atoms with Crippen molar-refractivity contribution in [2.45, 2.75) is 12.0 Å². The number of hydrogen-bond acceptors (Lipinski definition) is 6. The van der Waals surface area contributed by atoms with Crippen LogP contribution in [0.4, 0.5) is 8.78 Å². The fourth-order valence-electron chi connectivity index (χ4n) is 4.35. The summed E-state index contributed by atoms with van der Waals surface area (Å²) in [7, 11) is 1.60. The number of benzene rings is 2. The predicted octanol–water partition coefficient (Wildman–Crippen LogP) is 3.71. The van der Waals surface area contributed by atoms with E-state index in [1.54, 1.807) is 25.3 Å². The molecule has 6 nitrogen and oxygen atoms in total. The monoisotopic (exact) mass is 433 g/mol. The minimum absolute atomic E-state index is 0.0779. The van der Waals surface area contributed by atoms with E-state index in [2.05, 4.69) is 4.98 Å². The van der Waals surface area contributed by atoms with Crippen molar-refractivity contribution in [1.29, 1.82) is 0 Å². The van der Waals surface area contributed by atoms with Crippen LogP contribution >= 0.6 is 0 Å². The molecule has 0 bridgehead atoms. The van der Waals surface area contributed by atoms with Crippen molar-refractivity contribution >= 4 is 11.8 Å². The second-order valence-corrected chi connectivity index (χ2v) is 7.66. The highest BCUT2D eigenvalue weighted by molar-refractivity contribution is 6.12. The number of fused-ring (bicyclic) bond motifs is 1. The summed E-state index contributed by atoms with van der Waals surface area (Å²) in [4.78, 5) is 15.2. The first-order valence-corrected chi connectivity index (χ1v) is 10.3. The minimum atomic E-state index is -1.09. The highest BCUT2D eigenvalue weighted by Gasteiger charge is 2.49. The van der Waals surface area contributed by atoms with E-state index < -0.39 is 17.3 Å². The third-order valence-corrected chi connectivity index (χ3v) is 5.88. The molecule has 1 unspecified atom stereocenters. The van der Waals surface area contributed by atoms with Crippen LogP contribution in [0, 0.1) is 11.8 Å². The maximum atomic E-state index is 14.8. The molecule has 2 N–H and O–H groups in total. The smallest absolute Gasteiger partial charge is 0.220 e. The highest BCUT2D eigenvalue weighted by Crippen LogP contribution is 2.43. The van der Waals surface area contributed by atoms with E-state index in [1.165, 1.54) is 18.3 Å². The van der Waals surface area contributed by atoms with E-state index >= 15 is 0 Å². The van der Waals surface area contributed by atoms with Crippen LogP contribution in [-0.4, -0.2) is 41.9 Å². The lowest BCUT2D eigenvalue weighted by Crippen LogP contribution is -2.46. The summed E-state index contributed by atoms with van der Waals surface area (Å²) in [6, 6.07) is 15.1. The number of methoxy groups -OCH3 is 1. The zero-order valence-electron chi connectivity index (χ0n) is 17.4. The number of amidine groups is 1. The van der Waals surface area contributed by atoms with Gasteiger partial charge in [-0.2, -0.15) is 4.39 Å². The van der Waals surface area contributed by atoms with Gasteiger partial charge >= 0.3 is 0 Å². The van der Waals surface area contributed by atoms with Gasteiger partial charge in [-0.3, -0.25) is 9.89 Å². The molecule has 1 atom stereocenters. The molecule has 0 amide bonds. The van der Waals surface area contributed by atoms with Crippen molar-refractivity contribution in [2.75, 3.05) is 20.2 Å². The van der Waals surface area contributed by atoms with Crippen molar-refractivity contribution in [3.05, 3.63) is 83.7 Å². The van der Waals surface area contributed by atoms with Crippen LogP contribution in [0.2, 0.25) is 0 Å². The average Bonchev–Trinajstić information content (AvgIpc) is 3.13. The normalized spacial score (nSPS) is 19.9. The van der Waals surface area contributed by atoms with Gasteiger partial charge in [0.2, 0.25) is 5.95 Å². The van der Waals surface area contributed by atoms with Crippen LogP contribution in [0.5, 0.6) is 5.75 Å². The van der Waals surface area contributed by atoms with Crippen LogP contribution in [0.3, 0.4) is 0 Å². The van der Waals surface area contributed by atoms with Crippen molar-refractivity contribution in [3.63, 3.8) is 0 Å². The second kappa shape index (κ2) is 7.71. The molecule has 2 aromatic carbocycles. The van der Waals surface area contributed by atoms with Gasteiger partial charge in [0, 0.05) is 30.4 Å². The molecule has 32 heavy (non-hydrogen) atoms. The molecule has 0 saturated heterocycles. The van der Waals surface area contributed by atoms with Gasteiger partial charge in [-0.1, -0.05) is 18.2 Å². The Balaban J connectivity index is 1.77. The number of guanidine groups is 1. The van der Waals surface area contributed by atoms with Gasteiger partial charge in [0.25, 0.3) is 0 Å². The van der Waals surface area contributed by atoms with E-state index in [0.29, 0.717) is 36.2 Å². The topological polar surface area (TPSA) is 76.1 Å². The van der Waals surface area contributed by atoms with Crippen LogP contribution in [-0.2, 0) is 5.54 Å². The summed E-state index contributed by atoms with van der Waals surface area (Å²) < 4.78 is 34.6. The second-order valence-electron chi connectivity index (χ2n) is 7.66. The summed E-state index contributed by atoms with van der Waals surface area (Å²) in [5, 5.41) is 0. The number of aliphatic imine (C=N–C) groups is 2. The van der Waals surface area contributed by atoms with Crippen LogP contribution in [0.1, 0.15) is 17.5 Å². The Kier molecular flexibility index (Phi) is 4.84. The molecule has 5 rings (SSSR count). The number of aromatic nitrogens is 1. The summed E-state index contributed by atoms with van der Waals surface area (Å²) in [5.41, 5.74) is 6.85. The maximum Gasteiger partial charge on any atom is 0.220 e. The van der Waals surface area contributed by atoms with Crippen molar-refractivity contribution in [3.8, 4) is 16.9 Å². The highest BCUT2D eigenvalue weighted by atomic mass is 19.1. The van der Waals surface area contributed by atoms with Gasteiger partial charge in [-0.15, -0.1) is 0 Å². The van der Waals surface area contributed by atoms with E-state index in [4.69, 9.17) is 20.5 Å². The Morgan fingerprint density at radius 2 is 1.81 bits per heavy atom. The number of rotatable bonds is 4. The van der Waals surface area contributed by atoms with Gasteiger partial charge in [-0.05, 0) is 53.9 Å². The summed E-state index contributed by atoms with van der Waals surface area (Å²) in [5.74, 6) is 0.419. The number of pyridine rings is 1. The molecule has 0 aliphatic carbocycles. The SMILES string of the molecule is COc1ccc(C2(c3ccc(F)c(-c4cccnc4F)c3)N=C(N)N3CCCN=C32)cc1. The molecule has 1 aromatic heterocycles. The van der Waals surface area contributed by atoms with E-state index in [0.717, 1.165) is 12.0 Å².